The van der Waals surface area contributed by atoms with E-state index in [4.69, 9.17) is 4.74 Å². The fourth-order valence-electron chi connectivity index (χ4n) is 2.88. The fraction of sp³-hybridized carbons (Fsp3) is 0.765. The average Bonchev–Trinajstić information content (AvgIpc) is 2.80. The van der Waals surface area contributed by atoms with Crippen LogP contribution >= 0.6 is 0 Å². The van der Waals surface area contributed by atoms with Crippen LogP contribution in [0.2, 0.25) is 0 Å². The summed E-state index contributed by atoms with van der Waals surface area (Å²) in [5.74, 6) is 0.615. The standard InChI is InChI=1S/C17H29N3O2/c1-12(2)9-10-22-16-8-6-5-7-15(16)19-17(21)14-11-18-20(4)13(14)3/h11-12,15-16H,5-10H2,1-4H3,(H,19,21)/t15-,16+/m0/s1. The predicted molar refractivity (Wildman–Crippen MR) is 86.9 cm³/mol. The lowest BCUT2D eigenvalue weighted by molar-refractivity contribution is 0.00121. The van der Waals surface area contributed by atoms with Gasteiger partial charge in [-0.2, -0.15) is 5.10 Å². The molecular formula is C17H29N3O2. The third-order valence-corrected chi connectivity index (χ3v) is 4.53. The minimum Gasteiger partial charge on any atom is -0.376 e. The van der Waals surface area contributed by atoms with E-state index in [1.807, 2.05) is 14.0 Å². The van der Waals surface area contributed by atoms with Gasteiger partial charge in [0.25, 0.3) is 5.91 Å². The maximum absolute atomic E-state index is 12.5. The molecule has 22 heavy (non-hydrogen) atoms. The summed E-state index contributed by atoms with van der Waals surface area (Å²) in [4.78, 5) is 12.5. The first-order valence-electron chi connectivity index (χ1n) is 8.40. The lowest BCUT2D eigenvalue weighted by Crippen LogP contribution is -2.46. The van der Waals surface area contributed by atoms with E-state index in [9.17, 15) is 4.79 Å². The van der Waals surface area contributed by atoms with Gasteiger partial charge in [-0.25, -0.2) is 0 Å². The van der Waals surface area contributed by atoms with E-state index in [1.54, 1.807) is 10.9 Å². The highest BCUT2D eigenvalue weighted by Crippen LogP contribution is 2.22. The molecule has 1 aliphatic carbocycles. The molecule has 1 amide bonds. The number of amides is 1. The number of carbonyl (C=O) groups excluding carboxylic acids is 1. The molecule has 0 saturated heterocycles. The minimum absolute atomic E-state index is 0.0324. The Labute approximate surface area is 133 Å². The van der Waals surface area contributed by atoms with E-state index in [0.717, 1.165) is 38.0 Å². The first-order chi connectivity index (χ1) is 10.5. The number of carbonyl (C=O) groups is 1. The van der Waals surface area contributed by atoms with Gasteiger partial charge in [0.1, 0.15) is 0 Å². The molecule has 0 unspecified atom stereocenters. The molecule has 1 saturated carbocycles. The molecule has 1 N–H and O–H groups in total. The summed E-state index contributed by atoms with van der Waals surface area (Å²) in [6.45, 7) is 7.10. The van der Waals surface area contributed by atoms with Crippen molar-refractivity contribution in [1.29, 1.82) is 0 Å². The maximum Gasteiger partial charge on any atom is 0.255 e. The van der Waals surface area contributed by atoms with Gasteiger partial charge in [-0.05, 0) is 32.1 Å². The molecule has 2 atom stereocenters. The Balaban J connectivity index is 1.93. The second kappa shape index (κ2) is 7.77. The van der Waals surface area contributed by atoms with E-state index in [-0.39, 0.29) is 18.1 Å². The lowest BCUT2D eigenvalue weighted by atomic mass is 9.92. The molecule has 0 aromatic carbocycles. The third-order valence-electron chi connectivity index (χ3n) is 4.53. The van der Waals surface area contributed by atoms with E-state index >= 15 is 0 Å². The Kier molecular flexibility index (Phi) is 6.00. The largest absolute Gasteiger partial charge is 0.376 e. The highest BCUT2D eigenvalue weighted by Gasteiger charge is 2.28. The summed E-state index contributed by atoms with van der Waals surface area (Å²) in [6, 6.07) is 0.119. The van der Waals surface area contributed by atoms with Gasteiger partial charge in [0, 0.05) is 19.3 Å². The fourth-order valence-corrected chi connectivity index (χ4v) is 2.88. The van der Waals surface area contributed by atoms with Crippen LogP contribution in [-0.4, -0.2) is 34.4 Å². The molecule has 1 fully saturated rings. The topological polar surface area (TPSA) is 56.1 Å². The van der Waals surface area contributed by atoms with Crippen LogP contribution in [0.5, 0.6) is 0 Å². The maximum atomic E-state index is 12.5. The number of nitrogens with zero attached hydrogens (tertiary/aromatic N) is 2. The molecule has 0 spiro atoms. The van der Waals surface area contributed by atoms with Gasteiger partial charge in [-0.3, -0.25) is 9.48 Å². The van der Waals surface area contributed by atoms with Crippen molar-refractivity contribution in [2.75, 3.05) is 6.61 Å². The average molecular weight is 307 g/mol. The molecule has 124 valence electrons. The van der Waals surface area contributed by atoms with Gasteiger partial charge < -0.3 is 10.1 Å². The van der Waals surface area contributed by atoms with Crippen LogP contribution in [0, 0.1) is 12.8 Å². The molecule has 5 nitrogen and oxygen atoms in total. The quantitative estimate of drug-likeness (QED) is 0.879. The van der Waals surface area contributed by atoms with Crippen molar-refractivity contribution in [3.8, 4) is 0 Å². The molecule has 0 aliphatic heterocycles. The normalized spacial score (nSPS) is 22.0. The number of aryl methyl sites for hydroxylation is 1. The van der Waals surface area contributed by atoms with Gasteiger partial charge in [0.15, 0.2) is 0 Å². The first kappa shape index (κ1) is 17.0. The highest BCUT2D eigenvalue weighted by molar-refractivity contribution is 5.95. The summed E-state index contributed by atoms with van der Waals surface area (Å²) in [5.41, 5.74) is 1.56. The predicted octanol–water partition coefficient (Wildman–Crippen LogP) is 2.83. The van der Waals surface area contributed by atoms with Crippen LogP contribution in [0.25, 0.3) is 0 Å². The zero-order valence-corrected chi connectivity index (χ0v) is 14.3. The Bertz CT molecular complexity index is 496. The van der Waals surface area contributed by atoms with Gasteiger partial charge in [0.2, 0.25) is 0 Å². The van der Waals surface area contributed by atoms with Crippen molar-refractivity contribution >= 4 is 5.91 Å². The van der Waals surface area contributed by atoms with E-state index < -0.39 is 0 Å². The molecule has 1 heterocycles. The monoisotopic (exact) mass is 307 g/mol. The summed E-state index contributed by atoms with van der Waals surface area (Å²) in [7, 11) is 1.85. The molecule has 0 bridgehead atoms. The third kappa shape index (κ3) is 4.32. The van der Waals surface area contributed by atoms with Gasteiger partial charge >= 0.3 is 0 Å². The molecule has 1 aliphatic rings. The van der Waals surface area contributed by atoms with Crippen molar-refractivity contribution in [3.63, 3.8) is 0 Å². The summed E-state index contributed by atoms with van der Waals surface area (Å²) in [5, 5.41) is 7.30. The smallest absolute Gasteiger partial charge is 0.255 e. The van der Waals surface area contributed by atoms with Crippen LogP contribution in [0.3, 0.4) is 0 Å². The summed E-state index contributed by atoms with van der Waals surface area (Å²) < 4.78 is 7.77. The summed E-state index contributed by atoms with van der Waals surface area (Å²) in [6.07, 6.45) is 7.23. The molecule has 0 radical (unpaired) electrons. The van der Waals surface area contributed by atoms with Gasteiger partial charge in [-0.15, -0.1) is 0 Å². The zero-order valence-electron chi connectivity index (χ0n) is 14.3. The SMILES string of the molecule is Cc1c(C(=O)N[C@H]2CCCC[C@H]2OCCC(C)C)cnn1C. The second-order valence-corrected chi connectivity index (χ2v) is 6.72. The molecule has 5 heteroatoms. The Morgan fingerprint density at radius 2 is 2.18 bits per heavy atom. The number of hydrogen-bond donors (Lipinski definition) is 1. The zero-order chi connectivity index (χ0) is 16.1. The van der Waals surface area contributed by atoms with Crippen LogP contribution in [0.4, 0.5) is 0 Å². The van der Waals surface area contributed by atoms with Crippen molar-refractivity contribution in [2.45, 2.75) is 65.0 Å². The van der Waals surface area contributed by atoms with E-state index in [1.165, 1.54) is 6.42 Å². The molecule has 2 rings (SSSR count). The first-order valence-corrected chi connectivity index (χ1v) is 8.40. The Morgan fingerprint density at radius 3 is 2.82 bits per heavy atom. The lowest BCUT2D eigenvalue weighted by Gasteiger charge is -2.32. The van der Waals surface area contributed by atoms with Crippen LogP contribution in [0.15, 0.2) is 6.20 Å². The number of nitrogens with one attached hydrogen (secondary N) is 1. The van der Waals surface area contributed by atoms with Crippen molar-refractivity contribution < 1.29 is 9.53 Å². The van der Waals surface area contributed by atoms with Crippen LogP contribution in [-0.2, 0) is 11.8 Å². The summed E-state index contributed by atoms with van der Waals surface area (Å²) >= 11 is 0. The van der Waals surface area contributed by atoms with Crippen molar-refractivity contribution in [2.24, 2.45) is 13.0 Å². The van der Waals surface area contributed by atoms with Crippen LogP contribution in [0.1, 0.15) is 62.0 Å². The Hall–Kier alpha value is -1.36. The Morgan fingerprint density at radius 1 is 1.45 bits per heavy atom. The number of ether oxygens (including phenoxy) is 1. The highest BCUT2D eigenvalue weighted by atomic mass is 16.5. The number of rotatable bonds is 6. The van der Waals surface area contributed by atoms with Crippen LogP contribution < -0.4 is 5.32 Å². The second-order valence-electron chi connectivity index (χ2n) is 6.72. The van der Waals surface area contributed by atoms with Crippen molar-refractivity contribution in [3.05, 3.63) is 17.5 Å². The molecular weight excluding hydrogens is 278 g/mol. The number of hydrogen-bond acceptors (Lipinski definition) is 3. The van der Waals surface area contributed by atoms with Gasteiger partial charge in [0.05, 0.1) is 23.9 Å². The minimum atomic E-state index is -0.0324. The van der Waals surface area contributed by atoms with Gasteiger partial charge in [-0.1, -0.05) is 26.7 Å². The number of aromatic nitrogens is 2. The van der Waals surface area contributed by atoms with E-state index in [0.29, 0.717) is 11.5 Å². The molecule has 1 aromatic heterocycles. The molecule has 1 aromatic rings. The van der Waals surface area contributed by atoms with E-state index in [2.05, 4.69) is 24.3 Å². The van der Waals surface area contributed by atoms with Crippen molar-refractivity contribution in [1.82, 2.24) is 15.1 Å².